The predicted octanol–water partition coefficient (Wildman–Crippen LogP) is 2.29. The number of benzene rings is 2. The van der Waals surface area contributed by atoms with E-state index < -0.39 is 0 Å². The largest absolute Gasteiger partial charge is 0.353 e. The molecule has 25 heavy (non-hydrogen) atoms. The van der Waals surface area contributed by atoms with E-state index in [4.69, 9.17) is 0 Å². The first-order valence-electron chi connectivity index (χ1n) is 8.38. The molecule has 0 unspecified atom stereocenters. The number of nitrogens with one attached hydrogen (secondary N) is 2. The summed E-state index contributed by atoms with van der Waals surface area (Å²) in [6.07, 6.45) is 3.21. The summed E-state index contributed by atoms with van der Waals surface area (Å²) in [5, 5.41) is 8.32. The molecule has 0 atom stereocenters. The minimum absolute atomic E-state index is 0.254. The first-order valence-corrected chi connectivity index (χ1v) is 8.38. The fraction of sp³-hybridized carbons (Fsp3) is 0.211. The molecule has 126 valence electrons. The van der Waals surface area contributed by atoms with E-state index in [2.05, 4.69) is 25.5 Å². The zero-order chi connectivity index (χ0) is 17.1. The fourth-order valence-electron chi connectivity index (χ4n) is 3.02. The Bertz CT molecular complexity index is 882. The first kappa shape index (κ1) is 15.5. The number of carbonyl (C=O) groups excluding carboxylic acids is 1. The smallest absolute Gasteiger partial charge is 0.275 e. The van der Waals surface area contributed by atoms with Crippen molar-refractivity contribution in [2.45, 2.75) is 0 Å². The van der Waals surface area contributed by atoms with Gasteiger partial charge in [0.2, 0.25) is 0 Å². The van der Waals surface area contributed by atoms with Gasteiger partial charge in [0.25, 0.3) is 5.91 Å². The highest BCUT2D eigenvalue weighted by molar-refractivity contribution is 6.08. The van der Waals surface area contributed by atoms with Gasteiger partial charge in [-0.1, -0.05) is 36.4 Å². The van der Waals surface area contributed by atoms with Crippen LogP contribution in [0.5, 0.6) is 0 Å². The second-order valence-electron chi connectivity index (χ2n) is 5.98. The van der Waals surface area contributed by atoms with Crippen molar-refractivity contribution in [2.75, 3.05) is 36.4 Å². The minimum Gasteiger partial charge on any atom is -0.353 e. The van der Waals surface area contributed by atoms with Gasteiger partial charge in [-0.15, -0.1) is 0 Å². The Balaban J connectivity index is 1.52. The molecular formula is C19H19N5O. The Kier molecular flexibility index (Phi) is 4.26. The molecular weight excluding hydrogens is 314 g/mol. The highest BCUT2D eigenvalue weighted by atomic mass is 16.1. The molecule has 3 aromatic rings. The van der Waals surface area contributed by atoms with Gasteiger partial charge >= 0.3 is 0 Å². The molecule has 1 amide bonds. The van der Waals surface area contributed by atoms with Crippen molar-refractivity contribution < 1.29 is 4.79 Å². The normalized spacial score (nSPS) is 14.5. The zero-order valence-electron chi connectivity index (χ0n) is 13.8. The Morgan fingerprint density at radius 1 is 1.00 bits per heavy atom. The van der Waals surface area contributed by atoms with Gasteiger partial charge in [0.15, 0.2) is 0 Å². The van der Waals surface area contributed by atoms with Crippen molar-refractivity contribution in [3.05, 3.63) is 60.6 Å². The quantitative estimate of drug-likeness (QED) is 0.770. The van der Waals surface area contributed by atoms with E-state index in [-0.39, 0.29) is 5.91 Å². The van der Waals surface area contributed by atoms with E-state index in [0.717, 1.165) is 48.5 Å². The summed E-state index contributed by atoms with van der Waals surface area (Å²) in [6, 6.07) is 13.8. The van der Waals surface area contributed by atoms with Crippen LogP contribution in [0.15, 0.2) is 54.9 Å². The maximum Gasteiger partial charge on any atom is 0.275 e. The lowest BCUT2D eigenvalue weighted by atomic mass is 10.1. The van der Waals surface area contributed by atoms with Gasteiger partial charge in [0.1, 0.15) is 11.5 Å². The summed E-state index contributed by atoms with van der Waals surface area (Å²) in [4.78, 5) is 23.4. The van der Waals surface area contributed by atoms with Gasteiger partial charge < -0.3 is 15.5 Å². The molecule has 1 aromatic heterocycles. The lowest BCUT2D eigenvalue weighted by Crippen LogP contribution is -2.44. The number of hydrogen-bond acceptors (Lipinski definition) is 5. The van der Waals surface area contributed by atoms with Crippen LogP contribution in [-0.4, -0.2) is 42.1 Å². The molecule has 2 N–H and O–H groups in total. The summed E-state index contributed by atoms with van der Waals surface area (Å²) < 4.78 is 0. The van der Waals surface area contributed by atoms with Crippen molar-refractivity contribution in [3.63, 3.8) is 0 Å². The standard InChI is InChI=1S/C19H19N5O/c25-19(23-16-7-3-5-14-4-1-2-6-15(14)16)17-12-22-18(13-21-17)24-10-8-20-9-11-24/h1-7,12-13,20H,8-11H2,(H,23,25). The number of hydrogen-bond donors (Lipinski definition) is 2. The number of nitrogens with zero attached hydrogens (tertiary/aromatic N) is 3. The molecule has 0 spiro atoms. The van der Waals surface area contributed by atoms with Crippen LogP contribution >= 0.6 is 0 Å². The van der Waals surface area contributed by atoms with Crippen LogP contribution < -0.4 is 15.5 Å². The summed E-state index contributed by atoms with van der Waals surface area (Å²) >= 11 is 0. The maximum absolute atomic E-state index is 12.5. The van der Waals surface area contributed by atoms with E-state index in [1.54, 1.807) is 6.20 Å². The van der Waals surface area contributed by atoms with Crippen molar-refractivity contribution in [2.24, 2.45) is 0 Å². The van der Waals surface area contributed by atoms with Crippen LogP contribution in [-0.2, 0) is 0 Å². The van der Waals surface area contributed by atoms with Crippen LogP contribution in [0.3, 0.4) is 0 Å². The van der Waals surface area contributed by atoms with Gasteiger partial charge in [0.05, 0.1) is 12.4 Å². The monoisotopic (exact) mass is 333 g/mol. The van der Waals surface area contributed by atoms with Gasteiger partial charge in [-0.3, -0.25) is 4.79 Å². The predicted molar refractivity (Wildman–Crippen MR) is 99.0 cm³/mol. The molecule has 1 fully saturated rings. The highest BCUT2D eigenvalue weighted by Gasteiger charge is 2.14. The number of fused-ring (bicyclic) bond motifs is 1. The second kappa shape index (κ2) is 6.86. The molecule has 0 bridgehead atoms. The maximum atomic E-state index is 12.5. The number of aromatic nitrogens is 2. The van der Waals surface area contributed by atoms with Gasteiger partial charge in [0, 0.05) is 37.3 Å². The average Bonchev–Trinajstić information content (AvgIpc) is 2.69. The number of carbonyl (C=O) groups is 1. The number of amides is 1. The van der Waals surface area contributed by atoms with Gasteiger partial charge in [-0.25, -0.2) is 9.97 Å². The van der Waals surface area contributed by atoms with Crippen molar-refractivity contribution in [1.29, 1.82) is 0 Å². The van der Waals surface area contributed by atoms with Crippen molar-refractivity contribution in [3.8, 4) is 0 Å². The van der Waals surface area contributed by atoms with Crippen LogP contribution in [0.4, 0.5) is 11.5 Å². The third-order valence-corrected chi connectivity index (χ3v) is 4.35. The Morgan fingerprint density at radius 2 is 1.80 bits per heavy atom. The molecule has 1 aliphatic heterocycles. The summed E-state index contributed by atoms with van der Waals surface area (Å²) in [5.74, 6) is 0.555. The van der Waals surface area contributed by atoms with Crippen molar-refractivity contribution in [1.82, 2.24) is 15.3 Å². The highest BCUT2D eigenvalue weighted by Crippen LogP contribution is 2.23. The van der Waals surface area contributed by atoms with E-state index in [9.17, 15) is 4.79 Å². The molecule has 4 rings (SSSR count). The van der Waals surface area contributed by atoms with Gasteiger partial charge in [-0.2, -0.15) is 0 Å². The van der Waals surface area contributed by atoms with E-state index in [1.165, 1.54) is 6.20 Å². The molecule has 1 saturated heterocycles. The molecule has 2 heterocycles. The van der Waals surface area contributed by atoms with Crippen LogP contribution in [0, 0.1) is 0 Å². The second-order valence-corrected chi connectivity index (χ2v) is 5.98. The van der Waals surface area contributed by atoms with Crippen LogP contribution in [0.2, 0.25) is 0 Å². The topological polar surface area (TPSA) is 70.2 Å². The first-order chi connectivity index (χ1) is 12.3. The third-order valence-electron chi connectivity index (χ3n) is 4.35. The lowest BCUT2D eigenvalue weighted by molar-refractivity contribution is 0.102. The SMILES string of the molecule is O=C(Nc1cccc2ccccc12)c1cnc(N2CCNCC2)cn1. The van der Waals surface area contributed by atoms with Gasteiger partial charge in [-0.05, 0) is 11.5 Å². The Labute approximate surface area is 145 Å². The molecule has 0 aliphatic carbocycles. The number of piperazine rings is 1. The molecule has 2 aromatic carbocycles. The Hall–Kier alpha value is -2.99. The summed E-state index contributed by atoms with van der Waals surface area (Å²) in [6.45, 7) is 3.67. The molecule has 0 saturated carbocycles. The van der Waals surface area contributed by atoms with Crippen molar-refractivity contribution >= 4 is 28.2 Å². The molecule has 6 heteroatoms. The summed E-state index contributed by atoms with van der Waals surface area (Å²) in [5.41, 5.74) is 1.09. The summed E-state index contributed by atoms with van der Waals surface area (Å²) in [7, 11) is 0. The van der Waals surface area contributed by atoms with Crippen LogP contribution in [0.25, 0.3) is 10.8 Å². The number of rotatable bonds is 3. The van der Waals surface area contributed by atoms with E-state index >= 15 is 0 Å². The Morgan fingerprint density at radius 3 is 2.60 bits per heavy atom. The fourth-order valence-corrected chi connectivity index (χ4v) is 3.02. The molecule has 6 nitrogen and oxygen atoms in total. The van der Waals surface area contributed by atoms with E-state index in [0.29, 0.717) is 5.69 Å². The zero-order valence-corrected chi connectivity index (χ0v) is 13.8. The average molecular weight is 333 g/mol. The number of anilines is 2. The third kappa shape index (κ3) is 3.29. The minimum atomic E-state index is -0.254. The lowest BCUT2D eigenvalue weighted by Gasteiger charge is -2.27. The van der Waals surface area contributed by atoms with Crippen LogP contribution in [0.1, 0.15) is 10.5 Å². The molecule has 1 aliphatic rings. The molecule has 0 radical (unpaired) electrons. The van der Waals surface area contributed by atoms with E-state index in [1.807, 2.05) is 42.5 Å².